The van der Waals surface area contributed by atoms with Gasteiger partial charge in [0.2, 0.25) is 0 Å². The van der Waals surface area contributed by atoms with Crippen LogP contribution in [0.15, 0.2) is 6.33 Å². The summed E-state index contributed by atoms with van der Waals surface area (Å²) in [6.07, 6.45) is 2.69. The fraction of sp³-hybridized carbons (Fsp3) is 0.778. The number of hydrogen-bond acceptors (Lipinski definition) is 3. The Hall–Kier alpha value is -0.900. The van der Waals surface area contributed by atoms with E-state index >= 15 is 0 Å². The van der Waals surface area contributed by atoms with Crippen molar-refractivity contribution in [2.45, 2.75) is 39.8 Å². The maximum absolute atomic E-state index is 5.99. The minimum Gasteiger partial charge on any atom is -0.321 e. The molecule has 4 heteroatoms. The molecule has 0 spiro atoms. The summed E-state index contributed by atoms with van der Waals surface area (Å²) in [5, 5.41) is 7.88. The van der Waals surface area contributed by atoms with Crippen LogP contribution < -0.4 is 5.73 Å². The fourth-order valence-electron chi connectivity index (χ4n) is 1.41. The van der Waals surface area contributed by atoms with Gasteiger partial charge in [-0.15, -0.1) is 10.2 Å². The van der Waals surface area contributed by atoms with Crippen LogP contribution in [0, 0.1) is 5.92 Å². The van der Waals surface area contributed by atoms with Crippen molar-refractivity contribution in [3.63, 3.8) is 0 Å². The zero-order valence-electron chi connectivity index (χ0n) is 8.57. The van der Waals surface area contributed by atoms with Gasteiger partial charge in [-0.25, -0.2) is 0 Å². The second kappa shape index (κ2) is 4.37. The summed E-state index contributed by atoms with van der Waals surface area (Å²) in [6.45, 7) is 7.27. The Bertz CT molecular complexity index is 254. The first-order valence-electron chi connectivity index (χ1n) is 4.78. The van der Waals surface area contributed by atoms with Crippen molar-refractivity contribution in [2.75, 3.05) is 0 Å². The molecular formula is C9H18N4. The van der Waals surface area contributed by atoms with Crippen molar-refractivity contribution in [2.24, 2.45) is 11.7 Å². The molecule has 1 heterocycles. The number of nitrogens with two attached hydrogens (primary N) is 1. The molecule has 0 unspecified atom stereocenters. The van der Waals surface area contributed by atoms with E-state index in [1.165, 1.54) is 0 Å². The summed E-state index contributed by atoms with van der Waals surface area (Å²) in [6, 6.07) is 0.0162. The van der Waals surface area contributed by atoms with Gasteiger partial charge >= 0.3 is 0 Å². The average Bonchev–Trinajstić information content (AvgIpc) is 2.49. The number of hydrogen-bond donors (Lipinski definition) is 1. The van der Waals surface area contributed by atoms with E-state index in [-0.39, 0.29) is 6.04 Å². The van der Waals surface area contributed by atoms with Gasteiger partial charge in [-0.1, -0.05) is 13.8 Å². The first kappa shape index (κ1) is 10.2. The zero-order valence-corrected chi connectivity index (χ0v) is 8.57. The van der Waals surface area contributed by atoms with E-state index in [2.05, 4.69) is 31.0 Å². The summed E-state index contributed by atoms with van der Waals surface area (Å²) in [7, 11) is 0. The monoisotopic (exact) mass is 182 g/mol. The predicted molar refractivity (Wildman–Crippen MR) is 52.1 cm³/mol. The van der Waals surface area contributed by atoms with Crippen molar-refractivity contribution < 1.29 is 0 Å². The summed E-state index contributed by atoms with van der Waals surface area (Å²) < 4.78 is 1.99. The molecule has 1 aromatic rings. The first-order valence-corrected chi connectivity index (χ1v) is 4.78. The largest absolute Gasteiger partial charge is 0.321 e. The van der Waals surface area contributed by atoms with Gasteiger partial charge in [0, 0.05) is 6.54 Å². The predicted octanol–water partition coefficient (Wildman–Crippen LogP) is 1.34. The molecule has 0 aliphatic carbocycles. The standard InChI is InChI=1S/C9H18N4/c1-4-13-6-11-12-9(13)8(10)5-7(2)3/h6-8H,4-5,10H2,1-3H3/t8-/m1/s1. The lowest BCUT2D eigenvalue weighted by Crippen LogP contribution is -2.18. The minimum absolute atomic E-state index is 0.0162. The van der Waals surface area contributed by atoms with Gasteiger partial charge in [0.1, 0.15) is 12.2 Å². The van der Waals surface area contributed by atoms with Crippen LogP contribution in [0.3, 0.4) is 0 Å². The molecule has 0 aliphatic rings. The molecule has 0 radical (unpaired) electrons. The molecular weight excluding hydrogens is 164 g/mol. The molecule has 0 saturated heterocycles. The van der Waals surface area contributed by atoms with Gasteiger partial charge in [-0.05, 0) is 19.3 Å². The first-order chi connectivity index (χ1) is 6.15. The maximum Gasteiger partial charge on any atom is 0.149 e. The van der Waals surface area contributed by atoms with Crippen molar-refractivity contribution in [3.8, 4) is 0 Å². The van der Waals surface area contributed by atoms with Crippen LogP contribution in [-0.4, -0.2) is 14.8 Å². The van der Waals surface area contributed by atoms with Crippen LogP contribution in [0.25, 0.3) is 0 Å². The molecule has 74 valence electrons. The summed E-state index contributed by atoms with van der Waals surface area (Å²) in [5.74, 6) is 1.49. The van der Waals surface area contributed by atoms with Crippen molar-refractivity contribution in [3.05, 3.63) is 12.2 Å². The zero-order chi connectivity index (χ0) is 9.84. The van der Waals surface area contributed by atoms with Gasteiger partial charge in [0.05, 0.1) is 6.04 Å². The molecule has 0 fully saturated rings. The van der Waals surface area contributed by atoms with Crippen molar-refractivity contribution in [1.82, 2.24) is 14.8 Å². The van der Waals surface area contributed by atoms with Crippen LogP contribution in [0.4, 0.5) is 0 Å². The molecule has 1 aromatic heterocycles. The van der Waals surface area contributed by atoms with Gasteiger partial charge in [0.25, 0.3) is 0 Å². The minimum atomic E-state index is 0.0162. The summed E-state index contributed by atoms with van der Waals surface area (Å²) >= 11 is 0. The van der Waals surface area contributed by atoms with E-state index in [4.69, 9.17) is 5.73 Å². The van der Waals surface area contributed by atoms with E-state index < -0.39 is 0 Å². The Morgan fingerprint density at radius 2 is 2.23 bits per heavy atom. The van der Waals surface area contributed by atoms with Crippen LogP contribution in [0.1, 0.15) is 39.1 Å². The molecule has 0 amide bonds. The van der Waals surface area contributed by atoms with E-state index in [0.29, 0.717) is 5.92 Å². The van der Waals surface area contributed by atoms with Crippen LogP contribution in [0.5, 0.6) is 0 Å². The second-order valence-electron chi connectivity index (χ2n) is 3.71. The quantitative estimate of drug-likeness (QED) is 0.764. The molecule has 0 bridgehead atoms. The Kier molecular flexibility index (Phi) is 3.42. The number of nitrogens with zero attached hydrogens (tertiary/aromatic N) is 3. The second-order valence-corrected chi connectivity index (χ2v) is 3.71. The van der Waals surface area contributed by atoms with E-state index in [1.54, 1.807) is 6.33 Å². The highest BCUT2D eigenvalue weighted by Gasteiger charge is 2.13. The van der Waals surface area contributed by atoms with E-state index in [1.807, 2.05) is 4.57 Å². The molecule has 2 N–H and O–H groups in total. The summed E-state index contributed by atoms with van der Waals surface area (Å²) in [5.41, 5.74) is 5.99. The number of aromatic nitrogens is 3. The molecule has 0 aromatic carbocycles. The normalized spacial score (nSPS) is 13.6. The molecule has 0 saturated carbocycles. The van der Waals surface area contributed by atoms with Crippen LogP contribution in [-0.2, 0) is 6.54 Å². The highest BCUT2D eigenvalue weighted by Crippen LogP contribution is 2.16. The molecule has 1 atom stereocenters. The molecule has 1 rings (SSSR count). The lowest BCUT2D eigenvalue weighted by Gasteiger charge is -2.13. The van der Waals surface area contributed by atoms with E-state index in [9.17, 15) is 0 Å². The Balaban J connectivity index is 2.69. The lowest BCUT2D eigenvalue weighted by molar-refractivity contribution is 0.476. The third-order valence-electron chi connectivity index (χ3n) is 2.04. The van der Waals surface area contributed by atoms with Crippen LogP contribution >= 0.6 is 0 Å². The Morgan fingerprint density at radius 1 is 1.54 bits per heavy atom. The highest BCUT2D eigenvalue weighted by atomic mass is 15.3. The highest BCUT2D eigenvalue weighted by molar-refractivity contribution is 4.93. The third kappa shape index (κ3) is 2.52. The molecule has 4 nitrogen and oxygen atoms in total. The summed E-state index contributed by atoms with van der Waals surface area (Å²) in [4.78, 5) is 0. The molecule has 13 heavy (non-hydrogen) atoms. The molecule has 0 aliphatic heterocycles. The van der Waals surface area contributed by atoms with Gasteiger partial charge in [-0.3, -0.25) is 0 Å². The lowest BCUT2D eigenvalue weighted by atomic mass is 10.0. The van der Waals surface area contributed by atoms with Gasteiger partial charge < -0.3 is 10.3 Å². The van der Waals surface area contributed by atoms with Gasteiger partial charge in [0.15, 0.2) is 0 Å². The smallest absolute Gasteiger partial charge is 0.149 e. The fourth-order valence-corrected chi connectivity index (χ4v) is 1.41. The van der Waals surface area contributed by atoms with Gasteiger partial charge in [-0.2, -0.15) is 0 Å². The van der Waals surface area contributed by atoms with Crippen molar-refractivity contribution >= 4 is 0 Å². The Morgan fingerprint density at radius 3 is 2.77 bits per heavy atom. The SMILES string of the molecule is CCn1cnnc1[C@H](N)CC(C)C. The number of rotatable bonds is 4. The average molecular weight is 182 g/mol. The van der Waals surface area contributed by atoms with E-state index in [0.717, 1.165) is 18.8 Å². The van der Waals surface area contributed by atoms with Crippen LogP contribution in [0.2, 0.25) is 0 Å². The maximum atomic E-state index is 5.99. The Labute approximate surface area is 79.2 Å². The van der Waals surface area contributed by atoms with Crippen molar-refractivity contribution in [1.29, 1.82) is 0 Å². The third-order valence-corrected chi connectivity index (χ3v) is 2.04. The number of aryl methyl sites for hydroxylation is 1. The topological polar surface area (TPSA) is 56.7 Å².